The first-order valence-corrected chi connectivity index (χ1v) is 8.35. The molecule has 1 aliphatic heterocycles. The van der Waals surface area contributed by atoms with Gasteiger partial charge in [-0.15, -0.1) is 0 Å². The number of furan rings is 1. The number of carbonyl (C=O) groups excluding carboxylic acids is 1. The second kappa shape index (κ2) is 5.85. The minimum Gasteiger partial charge on any atom is -0.468 e. The Bertz CT molecular complexity index is 688. The van der Waals surface area contributed by atoms with E-state index in [2.05, 4.69) is 26.7 Å². The van der Waals surface area contributed by atoms with Crippen molar-refractivity contribution in [3.05, 3.63) is 41.9 Å². The number of aromatic nitrogens is 2. The summed E-state index contributed by atoms with van der Waals surface area (Å²) in [5.41, 5.74) is 0.540. The molecule has 0 saturated heterocycles. The number of amides is 1. The second-order valence-corrected chi connectivity index (χ2v) is 6.50. The molecule has 0 aromatic carbocycles. The first kappa shape index (κ1) is 14.5. The molecule has 6 heteroatoms. The van der Waals surface area contributed by atoms with Crippen molar-refractivity contribution in [3.63, 3.8) is 0 Å². The lowest BCUT2D eigenvalue weighted by Gasteiger charge is -2.32. The van der Waals surface area contributed by atoms with Crippen LogP contribution in [0.5, 0.6) is 0 Å². The maximum absolute atomic E-state index is 12.3. The van der Waals surface area contributed by atoms with Gasteiger partial charge in [0.05, 0.1) is 18.8 Å². The van der Waals surface area contributed by atoms with Crippen LogP contribution in [0.4, 0.5) is 0 Å². The van der Waals surface area contributed by atoms with Crippen LogP contribution in [0.3, 0.4) is 0 Å². The Morgan fingerprint density at radius 3 is 3.00 bits per heavy atom. The van der Waals surface area contributed by atoms with Gasteiger partial charge in [-0.3, -0.25) is 9.69 Å². The minimum atomic E-state index is -0.0404. The van der Waals surface area contributed by atoms with Gasteiger partial charge in [0.25, 0.3) is 5.91 Å². The number of hydrogen-bond donors (Lipinski definition) is 1. The third-order valence-corrected chi connectivity index (χ3v) is 4.97. The Morgan fingerprint density at radius 2 is 2.30 bits per heavy atom. The standard InChI is InChI=1S/C17H22N4O2/c1-12-16-19-15(17(22)18-13-4-2-5-13)11-21(16)8-7-20(12)10-14-6-3-9-23-14/h3,6,9,11-13H,2,4-5,7-8,10H2,1H3,(H,18,22). The summed E-state index contributed by atoms with van der Waals surface area (Å²) in [6.07, 6.45) is 6.99. The third kappa shape index (κ3) is 2.79. The Kier molecular flexibility index (Phi) is 3.69. The molecule has 0 radical (unpaired) electrons. The molecular formula is C17H22N4O2. The fourth-order valence-electron chi connectivity index (χ4n) is 3.28. The normalized spacial score (nSPS) is 21.7. The highest BCUT2D eigenvalue weighted by Gasteiger charge is 2.29. The Hall–Kier alpha value is -2.08. The minimum absolute atomic E-state index is 0.0404. The van der Waals surface area contributed by atoms with Crippen LogP contribution >= 0.6 is 0 Å². The number of carbonyl (C=O) groups is 1. The van der Waals surface area contributed by atoms with E-state index in [9.17, 15) is 4.79 Å². The lowest BCUT2D eigenvalue weighted by molar-refractivity contribution is 0.0912. The highest BCUT2D eigenvalue weighted by atomic mass is 16.3. The lowest BCUT2D eigenvalue weighted by atomic mass is 9.93. The van der Waals surface area contributed by atoms with Crippen molar-refractivity contribution in [2.24, 2.45) is 0 Å². The van der Waals surface area contributed by atoms with Crippen LogP contribution in [0.1, 0.15) is 54.3 Å². The van der Waals surface area contributed by atoms with Crippen molar-refractivity contribution >= 4 is 5.91 Å². The van der Waals surface area contributed by atoms with Crippen LogP contribution in [0, 0.1) is 0 Å². The summed E-state index contributed by atoms with van der Waals surface area (Å²) in [7, 11) is 0. The summed E-state index contributed by atoms with van der Waals surface area (Å²) >= 11 is 0. The van der Waals surface area contributed by atoms with Crippen LogP contribution in [-0.4, -0.2) is 32.9 Å². The van der Waals surface area contributed by atoms with Crippen LogP contribution in [0.15, 0.2) is 29.0 Å². The predicted molar refractivity (Wildman–Crippen MR) is 84.9 cm³/mol. The maximum atomic E-state index is 12.3. The van der Waals surface area contributed by atoms with Gasteiger partial charge < -0.3 is 14.3 Å². The third-order valence-electron chi connectivity index (χ3n) is 4.97. The van der Waals surface area contributed by atoms with Gasteiger partial charge in [0.2, 0.25) is 0 Å². The van der Waals surface area contributed by atoms with Gasteiger partial charge >= 0.3 is 0 Å². The fraction of sp³-hybridized carbons (Fsp3) is 0.529. The van der Waals surface area contributed by atoms with Crippen molar-refractivity contribution in [2.45, 2.75) is 51.4 Å². The van der Waals surface area contributed by atoms with E-state index in [4.69, 9.17) is 4.42 Å². The Balaban J connectivity index is 1.48. The molecule has 1 fully saturated rings. The van der Waals surface area contributed by atoms with Gasteiger partial charge in [-0.05, 0) is 38.3 Å². The van der Waals surface area contributed by atoms with Crippen molar-refractivity contribution in [1.82, 2.24) is 19.8 Å². The summed E-state index contributed by atoms with van der Waals surface area (Å²) in [5.74, 6) is 1.88. The number of nitrogens with one attached hydrogen (secondary N) is 1. The van der Waals surface area contributed by atoms with Gasteiger partial charge in [0.1, 0.15) is 17.3 Å². The molecule has 0 spiro atoms. The second-order valence-electron chi connectivity index (χ2n) is 6.50. The van der Waals surface area contributed by atoms with Gasteiger partial charge in [-0.1, -0.05) is 0 Å². The first-order valence-electron chi connectivity index (χ1n) is 8.35. The number of rotatable bonds is 4. The van der Waals surface area contributed by atoms with Crippen molar-refractivity contribution in [3.8, 4) is 0 Å². The van der Waals surface area contributed by atoms with Crippen LogP contribution in [-0.2, 0) is 13.1 Å². The van der Waals surface area contributed by atoms with E-state index >= 15 is 0 Å². The summed E-state index contributed by atoms with van der Waals surface area (Å²) in [5, 5.41) is 3.06. The van der Waals surface area contributed by atoms with Gasteiger partial charge in [-0.2, -0.15) is 0 Å². The summed E-state index contributed by atoms with van der Waals surface area (Å²) in [4.78, 5) is 19.2. The Morgan fingerprint density at radius 1 is 1.43 bits per heavy atom. The molecule has 1 aliphatic carbocycles. The quantitative estimate of drug-likeness (QED) is 0.941. The van der Waals surface area contributed by atoms with E-state index in [0.29, 0.717) is 11.7 Å². The van der Waals surface area contributed by atoms with Crippen LogP contribution in [0.25, 0.3) is 0 Å². The molecule has 23 heavy (non-hydrogen) atoms. The van der Waals surface area contributed by atoms with E-state index in [1.54, 1.807) is 6.26 Å². The zero-order valence-electron chi connectivity index (χ0n) is 13.4. The molecule has 2 aliphatic rings. The van der Waals surface area contributed by atoms with Gasteiger partial charge in [-0.25, -0.2) is 4.98 Å². The zero-order valence-corrected chi connectivity index (χ0v) is 13.4. The molecule has 122 valence electrons. The molecule has 2 aromatic heterocycles. The molecule has 1 amide bonds. The van der Waals surface area contributed by atoms with E-state index in [0.717, 1.165) is 44.1 Å². The average molecular weight is 314 g/mol. The maximum Gasteiger partial charge on any atom is 0.271 e. The number of imidazole rings is 1. The fourth-order valence-corrected chi connectivity index (χ4v) is 3.28. The van der Waals surface area contributed by atoms with Gasteiger partial charge in [0.15, 0.2) is 0 Å². The van der Waals surface area contributed by atoms with E-state index in [1.807, 2.05) is 18.3 Å². The topological polar surface area (TPSA) is 63.3 Å². The van der Waals surface area contributed by atoms with Crippen molar-refractivity contribution in [2.75, 3.05) is 6.54 Å². The monoisotopic (exact) mass is 314 g/mol. The molecule has 6 nitrogen and oxygen atoms in total. The number of hydrogen-bond acceptors (Lipinski definition) is 4. The highest BCUT2D eigenvalue weighted by molar-refractivity contribution is 5.92. The summed E-state index contributed by atoms with van der Waals surface area (Å²) in [6, 6.07) is 4.41. The Labute approximate surface area is 135 Å². The van der Waals surface area contributed by atoms with E-state index in [-0.39, 0.29) is 11.9 Å². The van der Waals surface area contributed by atoms with Crippen molar-refractivity contribution in [1.29, 1.82) is 0 Å². The SMILES string of the molecule is CC1c2nc(C(=O)NC3CCC3)cn2CCN1Cc1ccco1. The molecule has 1 N–H and O–H groups in total. The van der Waals surface area contributed by atoms with Gasteiger partial charge in [0, 0.05) is 25.3 Å². The summed E-state index contributed by atoms with van der Waals surface area (Å²) < 4.78 is 7.56. The average Bonchev–Trinajstić information content (AvgIpc) is 3.15. The molecule has 0 bridgehead atoms. The zero-order chi connectivity index (χ0) is 15.8. The number of nitrogens with zero attached hydrogens (tertiary/aromatic N) is 3. The smallest absolute Gasteiger partial charge is 0.271 e. The van der Waals surface area contributed by atoms with E-state index in [1.165, 1.54) is 6.42 Å². The highest BCUT2D eigenvalue weighted by Crippen LogP contribution is 2.26. The summed E-state index contributed by atoms with van der Waals surface area (Å²) in [6.45, 7) is 4.68. The molecule has 1 unspecified atom stereocenters. The number of fused-ring (bicyclic) bond motifs is 1. The molecular weight excluding hydrogens is 292 g/mol. The molecule has 3 heterocycles. The first-order chi connectivity index (χ1) is 11.2. The largest absolute Gasteiger partial charge is 0.468 e. The van der Waals surface area contributed by atoms with E-state index < -0.39 is 0 Å². The molecule has 1 atom stereocenters. The predicted octanol–water partition coefficient (Wildman–Crippen LogP) is 2.34. The lowest BCUT2D eigenvalue weighted by Crippen LogP contribution is -2.39. The molecule has 1 saturated carbocycles. The van der Waals surface area contributed by atoms with Crippen LogP contribution < -0.4 is 5.32 Å². The molecule has 2 aromatic rings. The molecule has 4 rings (SSSR count). The van der Waals surface area contributed by atoms with Crippen LogP contribution in [0.2, 0.25) is 0 Å². The van der Waals surface area contributed by atoms with Crippen molar-refractivity contribution < 1.29 is 9.21 Å².